The van der Waals surface area contributed by atoms with Crippen molar-refractivity contribution in [2.24, 2.45) is 0 Å². The third kappa shape index (κ3) is 2.04. The molecule has 0 atom stereocenters. The van der Waals surface area contributed by atoms with Crippen molar-refractivity contribution >= 4 is 28.2 Å². The zero-order valence-electron chi connectivity index (χ0n) is 12.2. The fourth-order valence-electron chi connectivity index (χ4n) is 3.19. The minimum atomic E-state index is 0.120. The summed E-state index contributed by atoms with van der Waals surface area (Å²) in [5.74, 6) is 0.120. The summed E-state index contributed by atoms with van der Waals surface area (Å²) < 4.78 is 0. The SMILES string of the molecule is Nc1ccc2c(c1)N(C(=O)Cc1c[nH]c3ccccc13)CC2. The number of nitrogens with zero attached hydrogens (tertiary/aromatic N) is 1. The summed E-state index contributed by atoms with van der Waals surface area (Å²) in [6.07, 6.45) is 3.23. The van der Waals surface area contributed by atoms with Gasteiger partial charge in [-0.25, -0.2) is 0 Å². The maximum Gasteiger partial charge on any atom is 0.231 e. The lowest BCUT2D eigenvalue weighted by atomic mass is 10.1. The van der Waals surface area contributed by atoms with Gasteiger partial charge in [0.1, 0.15) is 0 Å². The highest BCUT2D eigenvalue weighted by molar-refractivity contribution is 5.99. The van der Waals surface area contributed by atoms with Crippen molar-refractivity contribution in [1.29, 1.82) is 0 Å². The standard InChI is InChI=1S/C18H17N3O/c19-14-6-5-12-7-8-21(17(12)10-14)18(22)9-13-11-20-16-4-2-1-3-15(13)16/h1-6,10-11,20H,7-9,19H2. The van der Waals surface area contributed by atoms with Gasteiger partial charge in [-0.1, -0.05) is 24.3 Å². The van der Waals surface area contributed by atoms with Gasteiger partial charge in [0, 0.05) is 35.0 Å². The van der Waals surface area contributed by atoms with E-state index in [1.807, 2.05) is 53.6 Å². The van der Waals surface area contributed by atoms with E-state index in [2.05, 4.69) is 4.98 Å². The Hall–Kier alpha value is -2.75. The smallest absolute Gasteiger partial charge is 0.231 e. The number of hydrogen-bond acceptors (Lipinski definition) is 2. The lowest BCUT2D eigenvalue weighted by molar-refractivity contribution is -0.117. The van der Waals surface area contributed by atoms with Crippen LogP contribution >= 0.6 is 0 Å². The van der Waals surface area contributed by atoms with Gasteiger partial charge in [0.15, 0.2) is 0 Å². The molecule has 1 aliphatic heterocycles. The van der Waals surface area contributed by atoms with E-state index in [9.17, 15) is 4.79 Å². The molecule has 0 radical (unpaired) electrons. The number of carbonyl (C=O) groups excluding carboxylic acids is 1. The quantitative estimate of drug-likeness (QED) is 0.713. The van der Waals surface area contributed by atoms with E-state index in [0.29, 0.717) is 12.1 Å². The van der Waals surface area contributed by atoms with Crippen molar-refractivity contribution in [3.8, 4) is 0 Å². The number of aromatic amines is 1. The Bertz CT molecular complexity index is 866. The van der Waals surface area contributed by atoms with Crippen molar-refractivity contribution in [2.75, 3.05) is 17.2 Å². The zero-order chi connectivity index (χ0) is 15.1. The predicted molar refractivity (Wildman–Crippen MR) is 88.9 cm³/mol. The maximum absolute atomic E-state index is 12.7. The van der Waals surface area contributed by atoms with E-state index in [4.69, 9.17) is 5.73 Å². The van der Waals surface area contributed by atoms with Gasteiger partial charge in [0.05, 0.1) is 6.42 Å². The number of rotatable bonds is 2. The van der Waals surface area contributed by atoms with E-state index in [1.54, 1.807) is 0 Å². The van der Waals surface area contributed by atoms with Crippen molar-refractivity contribution in [1.82, 2.24) is 4.98 Å². The minimum absolute atomic E-state index is 0.120. The Morgan fingerprint density at radius 3 is 3.00 bits per heavy atom. The Morgan fingerprint density at radius 1 is 1.23 bits per heavy atom. The lowest BCUT2D eigenvalue weighted by Gasteiger charge is -2.17. The molecule has 0 saturated carbocycles. The molecule has 4 rings (SSSR count). The van der Waals surface area contributed by atoms with E-state index >= 15 is 0 Å². The average Bonchev–Trinajstić information content (AvgIpc) is 3.11. The number of H-pyrrole nitrogens is 1. The van der Waals surface area contributed by atoms with Crippen LogP contribution in [0.5, 0.6) is 0 Å². The molecule has 0 aliphatic carbocycles. The lowest BCUT2D eigenvalue weighted by Crippen LogP contribution is -2.30. The second kappa shape index (κ2) is 4.91. The fraction of sp³-hybridized carbons (Fsp3) is 0.167. The van der Waals surface area contributed by atoms with Crippen LogP contribution in [0.3, 0.4) is 0 Å². The highest BCUT2D eigenvalue weighted by Crippen LogP contribution is 2.31. The number of carbonyl (C=O) groups is 1. The third-order valence-corrected chi connectivity index (χ3v) is 4.32. The predicted octanol–water partition coefficient (Wildman–Crippen LogP) is 2.88. The van der Waals surface area contributed by atoms with Gasteiger partial charge in [-0.2, -0.15) is 0 Å². The largest absolute Gasteiger partial charge is 0.399 e. The molecule has 1 aromatic heterocycles. The Balaban J connectivity index is 1.63. The summed E-state index contributed by atoms with van der Waals surface area (Å²) in [6.45, 7) is 0.736. The van der Waals surface area contributed by atoms with Crippen molar-refractivity contribution in [2.45, 2.75) is 12.8 Å². The highest BCUT2D eigenvalue weighted by atomic mass is 16.2. The summed E-state index contributed by atoms with van der Waals surface area (Å²) in [4.78, 5) is 17.8. The summed E-state index contributed by atoms with van der Waals surface area (Å²) in [7, 11) is 0. The summed E-state index contributed by atoms with van der Waals surface area (Å²) >= 11 is 0. The Labute approximate surface area is 128 Å². The first-order valence-corrected chi connectivity index (χ1v) is 7.46. The van der Waals surface area contributed by atoms with Gasteiger partial charge in [-0.15, -0.1) is 0 Å². The molecule has 0 unspecified atom stereocenters. The number of hydrogen-bond donors (Lipinski definition) is 2. The molecule has 0 saturated heterocycles. The normalized spacial score (nSPS) is 13.5. The van der Waals surface area contributed by atoms with Crippen molar-refractivity contribution in [3.63, 3.8) is 0 Å². The molecule has 2 aromatic carbocycles. The molecule has 3 aromatic rings. The number of aromatic nitrogens is 1. The number of anilines is 2. The average molecular weight is 291 g/mol. The number of nitrogens with two attached hydrogens (primary N) is 1. The zero-order valence-corrected chi connectivity index (χ0v) is 12.2. The number of nitrogen functional groups attached to an aromatic ring is 1. The van der Waals surface area contributed by atoms with Crippen LogP contribution in [-0.2, 0) is 17.6 Å². The van der Waals surface area contributed by atoms with Gasteiger partial charge in [-0.3, -0.25) is 4.79 Å². The maximum atomic E-state index is 12.7. The topological polar surface area (TPSA) is 62.1 Å². The van der Waals surface area contributed by atoms with Gasteiger partial charge < -0.3 is 15.6 Å². The number of benzene rings is 2. The molecule has 3 N–H and O–H groups in total. The summed E-state index contributed by atoms with van der Waals surface area (Å²) in [5.41, 5.74) is 10.8. The fourth-order valence-corrected chi connectivity index (χ4v) is 3.19. The second-order valence-electron chi connectivity index (χ2n) is 5.72. The van der Waals surface area contributed by atoms with Crippen LogP contribution in [0, 0.1) is 0 Å². The van der Waals surface area contributed by atoms with E-state index < -0.39 is 0 Å². The van der Waals surface area contributed by atoms with Gasteiger partial charge in [-0.05, 0) is 35.7 Å². The third-order valence-electron chi connectivity index (χ3n) is 4.32. The molecule has 22 heavy (non-hydrogen) atoms. The molecule has 4 nitrogen and oxygen atoms in total. The molecule has 4 heteroatoms. The first kappa shape index (κ1) is 13.0. The van der Waals surface area contributed by atoms with Gasteiger partial charge in [0.25, 0.3) is 0 Å². The van der Waals surface area contributed by atoms with Crippen LogP contribution in [0.25, 0.3) is 10.9 Å². The molecule has 1 aliphatic rings. The summed E-state index contributed by atoms with van der Waals surface area (Å²) in [6, 6.07) is 13.9. The number of para-hydroxylation sites is 1. The molecule has 1 amide bonds. The van der Waals surface area contributed by atoms with Crippen LogP contribution in [0.4, 0.5) is 11.4 Å². The van der Waals surface area contributed by atoms with E-state index in [-0.39, 0.29) is 5.91 Å². The van der Waals surface area contributed by atoms with Crippen molar-refractivity contribution < 1.29 is 4.79 Å². The number of nitrogens with one attached hydrogen (secondary N) is 1. The van der Waals surface area contributed by atoms with Gasteiger partial charge >= 0.3 is 0 Å². The molecule has 0 bridgehead atoms. The Kier molecular flexibility index (Phi) is 2.89. The van der Waals surface area contributed by atoms with Crippen LogP contribution in [0.1, 0.15) is 11.1 Å². The monoisotopic (exact) mass is 291 g/mol. The molecule has 110 valence electrons. The van der Waals surface area contributed by atoms with E-state index in [1.165, 1.54) is 5.56 Å². The minimum Gasteiger partial charge on any atom is -0.399 e. The van der Waals surface area contributed by atoms with Crippen LogP contribution < -0.4 is 10.6 Å². The Morgan fingerprint density at radius 2 is 2.09 bits per heavy atom. The van der Waals surface area contributed by atoms with Gasteiger partial charge in [0.2, 0.25) is 5.91 Å². The molecule has 0 fully saturated rings. The van der Waals surface area contributed by atoms with Crippen LogP contribution in [-0.4, -0.2) is 17.4 Å². The van der Waals surface area contributed by atoms with Crippen LogP contribution in [0.2, 0.25) is 0 Å². The van der Waals surface area contributed by atoms with Crippen LogP contribution in [0.15, 0.2) is 48.7 Å². The molecular weight excluding hydrogens is 274 g/mol. The molecule has 0 spiro atoms. The highest BCUT2D eigenvalue weighted by Gasteiger charge is 2.25. The first-order valence-electron chi connectivity index (χ1n) is 7.46. The first-order chi connectivity index (χ1) is 10.7. The molecular formula is C18H17N3O. The molecule has 2 heterocycles. The second-order valence-corrected chi connectivity index (χ2v) is 5.72. The number of amides is 1. The van der Waals surface area contributed by atoms with Crippen molar-refractivity contribution in [3.05, 3.63) is 59.8 Å². The summed E-state index contributed by atoms with van der Waals surface area (Å²) in [5, 5.41) is 1.11. The van der Waals surface area contributed by atoms with E-state index in [0.717, 1.165) is 35.1 Å². The number of fused-ring (bicyclic) bond motifs is 2.